The van der Waals surface area contributed by atoms with Crippen LogP contribution in [0.3, 0.4) is 0 Å². The van der Waals surface area contributed by atoms with Gasteiger partial charge in [-0.1, -0.05) is 13.0 Å². The molecule has 1 saturated heterocycles. The van der Waals surface area contributed by atoms with Gasteiger partial charge in [0.15, 0.2) is 5.82 Å². The summed E-state index contributed by atoms with van der Waals surface area (Å²) in [7, 11) is 3.96. The minimum absolute atomic E-state index is 0.350. The Morgan fingerprint density at radius 3 is 2.72 bits per heavy atom. The monoisotopic (exact) mass is 434 g/mol. The Morgan fingerprint density at radius 1 is 1.09 bits per heavy atom. The van der Waals surface area contributed by atoms with Crippen LogP contribution >= 0.6 is 0 Å². The van der Waals surface area contributed by atoms with E-state index in [9.17, 15) is 0 Å². The number of ether oxygens (including phenoxy) is 2. The van der Waals surface area contributed by atoms with Crippen LogP contribution < -0.4 is 20.3 Å². The zero-order chi connectivity index (χ0) is 22.1. The predicted octanol–water partition coefficient (Wildman–Crippen LogP) is 3.72. The molecule has 168 valence electrons. The van der Waals surface area contributed by atoms with Gasteiger partial charge < -0.3 is 25.0 Å². The molecule has 2 N–H and O–H groups in total. The summed E-state index contributed by atoms with van der Waals surface area (Å²) in [4.78, 5) is 17.0. The van der Waals surface area contributed by atoms with Gasteiger partial charge in [-0.15, -0.1) is 0 Å². The molecule has 0 spiro atoms. The Bertz CT molecular complexity index is 1130. The van der Waals surface area contributed by atoms with Gasteiger partial charge in [0, 0.05) is 45.1 Å². The number of fused-ring (bicyclic) bond motifs is 2. The summed E-state index contributed by atoms with van der Waals surface area (Å²) in [6.07, 6.45) is 4.62. The van der Waals surface area contributed by atoms with E-state index in [4.69, 9.17) is 19.4 Å². The number of hydrogen-bond donors (Lipinski definition) is 2. The first-order chi connectivity index (χ1) is 15.7. The van der Waals surface area contributed by atoms with Gasteiger partial charge in [-0.05, 0) is 37.0 Å². The van der Waals surface area contributed by atoms with E-state index < -0.39 is 0 Å². The highest BCUT2D eigenvalue weighted by atomic mass is 16.5. The minimum Gasteiger partial charge on any atom is -0.490 e. The number of rotatable bonds is 5. The van der Waals surface area contributed by atoms with Crippen LogP contribution in [0.5, 0.6) is 5.75 Å². The smallest absolute Gasteiger partial charge is 0.153 e. The second-order valence-corrected chi connectivity index (χ2v) is 8.32. The SMILES string of the molecule is CCc1nc2c(NC)ncc(-c3ccc4c(c3)OCCN4C)c2nc1NC1CCOCC1. The third-order valence-corrected chi connectivity index (χ3v) is 6.27. The molecule has 0 saturated carbocycles. The van der Waals surface area contributed by atoms with Crippen molar-refractivity contribution in [3.8, 4) is 16.9 Å². The van der Waals surface area contributed by atoms with Crippen LogP contribution in [-0.2, 0) is 11.2 Å². The number of likely N-dealkylation sites (N-methyl/N-ethyl adjacent to an activating group) is 1. The van der Waals surface area contributed by atoms with E-state index in [1.165, 1.54) is 0 Å². The molecule has 0 radical (unpaired) electrons. The molecule has 1 fully saturated rings. The number of benzene rings is 1. The number of pyridine rings is 1. The van der Waals surface area contributed by atoms with E-state index >= 15 is 0 Å². The molecular formula is C24H30N6O2. The highest BCUT2D eigenvalue weighted by Crippen LogP contribution is 2.38. The van der Waals surface area contributed by atoms with Gasteiger partial charge in [0.1, 0.15) is 29.2 Å². The quantitative estimate of drug-likeness (QED) is 0.629. The summed E-state index contributed by atoms with van der Waals surface area (Å²) in [5.74, 6) is 2.48. The summed E-state index contributed by atoms with van der Waals surface area (Å²) < 4.78 is 11.5. The highest BCUT2D eigenvalue weighted by molar-refractivity contribution is 5.98. The Morgan fingerprint density at radius 2 is 1.94 bits per heavy atom. The number of aromatic nitrogens is 3. The molecular weight excluding hydrogens is 404 g/mol. The maximum absolute atomic E-state index is 5.94. The van der Waals surface area contributed by atoms with E-state index in [1.807, 2.05) is 13.2 Å². The maximum Gasteiger partial charge on any atom is 0.153 e. The lowest BCUT2D eigenvalue weighted by molar-refractivity contribution is 0.0903. The van der Waals surface area contributed by atoms with Gasteiger partial charge in [0.05, 0.1) is 17.9 Å². The summed E-state index contributed by atoms with van der Waals surface area (Å²) in [5, 5.41) is 6.81. The molecule has 2 aliphatic heterocycles. The Balaban J connectivity index is 1.63. The second-order valence-electron chi connectivity index (χ2n) is 8.32. The predicted molar refractivity (Wildman–Crippen MR) is 128 cm³/mol. The fourth-order valence-corrected chi connectivity index (χ4v) is 4.39. The molecule has 2 aromatic heterocycles. The fraction of sp³-hybridized carbons (Fsp3) is 0.458. The highest BCUT2D eigenvalue weighted by Gasteiger charge is 2.21. The Hall–Kier alpha value is -3.13. The number of hydrogen-bond acceptors (Lipinski definition) is 8. The molecule has 4 heterocycles. The average Bonchev–Trinajstić information content (AvgIpc) is 2.83. The van der Waals surface area contributed by atoms with E-state index in [2.05, 4.69) is 52.7 Å². The lowest BCUT2D eigenvalue weighted by Gasteiger charge is -2.28. The normalized spacial score (nSPS) is 16.5. The van der Waals surface area contributed by atoms with Gasteiger partial charge in [0.2, 0.25) is 0 Å². The topological polar surface area (TPSA) is 84.4 Å². The van der Waals surface area contributed by atoms with Crippen LogP contribution in [0.2, 0.25) is 0 Å². The molecule has 5 rings (SSSR count). The van der Waals surface area contributed by atoms with Crippen molar-refractivity contribution in [2.75, 3.05) is 56.0 Å². The first-order valence-corrected chi connectivity index (χ1v) is 11.4. The standard InChI is InChI=1S/C24H30N6O2/c1-4-18-23(27-16-7-10-31-11-8-16)29-21-17(14-26-24(25-2)22(21)28-18)15-5-6-19-20(13-15)32-12-9-30(19)3/h5-6,13-14,16H,4,7-12H2,1-3H3,(H,25,26)(H,27,29). The van der Waals surface area contributed by atoms with Gasteiger partial charge in [-0.3, -0.25) is 0 Å². The van der Waals surface area contributed by atoms with Crippen molar-refractivity contribution in [3.05, 3.63) is 30.1 Å². The largest absolute Gasteiger partial charge is 0.490 e. The zero-order valence-corrected chi connectivity index (χ0v) is 18.9. The lowest BCUT2D eigenvalue weighted by atomic mass is 10.0. The van der Waals surface area contributed by atoms with Crippen LogP contribution in [-0.4, -0.2) is 61.5 Å². The summed E-state index contributed by atoms with van der Waals surface area (Å²) in [6.45, 7) is 5.24. The van der Waals surface area contributed by atoms with Crippen molar-refractivity contribution < 1.29 is 9.47 Å². The first kappa shape index (κ1) is 20.8. The molecule has 0 atom stereocenters. The average molecular weight is 435 g/mol. The molecule has 3 aromatic rings. The van der Waals surface area contributed by atoms with E-state index in [0.29, 0.717) is 12.6 Å². The molecule has 32 heavy (non-hydrogen) atoms. The molecule has 8 heteroatoms. The van der Waals surface area contributed by atoms with Crippen LogP contribution in [0.4, 0.5) is 17.3 Å². The van der Waals surface area contributed by atoms with Crippen LogP contribution in [0, 0.1) is 0 Å². The molecule has 0 amide bonds. The summed E-state index contributed by atoms with van der Waals surface area (Å²) in [5.41, 5.74) is 5.65. The second kappa shape index (κ2) is 8.78. The molecule has 8 nitrogen and oxygen atoms in total. The number of aryl methyl sites for hydroxylation is 1. The lowest BCUT2D eigenvalue weighted by Crippen LogP contribution is -2.29. The molecule has 0 unspecified atom stereocenters. The summed E-state index contributed by atoms with van der Waals surface area (Å²) in [6, 6.07) is 6.65. The molecule has 2 aliphatic rings. The number of anilines is 3. The molecule has 0 bridgehead atoms. The van der Waals surface area contributed by atoms with Gasteiger partial charge in [0.25, 0.3) is 0 Å². The first-order valence-electron chi connectivity index (χ1n) is 11.4. The molecule has 0 aliphatic carbocycles. The summed E-state index contributed by atoms with van der Waals surface area (Å²) >= 11 is 0. The van der Waals surface area contributed by atoms with E-state index in [0.717, 1.165) is 89.9 Å². The van der Waals surface area contributed by atoms with Crippen LogP contribution in [0.15, 0.2) is 24.4 Å². The van der Waals surface area contributed by atoms with E-state index in [1.54, 1.807) is 0 Å². The van der Waals surface area contributed by atoms with Gasteiger partial charge in [-0.25, -0.2) is 15.0 Å². The third kappa shape index (κ3) is 3.79. The Labute approximate surface area is 188 Å². The van der Waals surface area contributed by atoms with Crippen LogP contribution in [0.1, 0.15) is 25.5 Å². The zero-order valence-electron chi connectivity index (χ0n) is 18.9. The molecule has 1 aromatic carbocycles. The number of nitrogens with one attached hydrogen (secondary N) is 2. The van der Waals surface area contributed by atoms with Crippen molar-refractivity contribution in [1.29, 1.82) is 0 Å². The van der Waals surface area contributed by atoms with Crippen LogP contribution in [0.25, 0.3) is 22.2 Å². The van der Waals surface area contributed by atoms with Gasteiger partial charge in [-0.2, -0.15) is 0 Å². The van der Waals surface area contributed by atoms with Gasteiger partial charge >= 0.3 is 0 Å². The van der Waals surface area contributed by atoms with Crippen molar-refractivity contribution in [2.24, 2.45) is 0 Å². The van der Waals surface area contributed by atoms with Crippen molar-refractivity contribution >= 4 is 28.4 Å². The maximum atomic E-state index is 5.94. The fourth-order valence-electron chi connectivity index (χ4n) is 4.39. The third-order valence-electron chi connectivity index (χ3n) is 6.27. The Kier molecular flexibility index (Phi) is 5.70. The minimum atomic E-state index is 0.350. The van der Waals surface area contributed by atoms with Crippen molar-refractivity contribution in [1.82, 2.24) is 15.0 Å². The van der Waals surface area contributed by atoms with E-state index in [-0.39, 0.29) is 0 Å². The number of nitrogens with zero attached hydrogens (tertiary/aromatic N) is 4. The van der Waals surface area contributed by atoms with Crippen molar-refractivity contribution in [3.63, 3.8) is 0 Å². The van der Waals surface area contributed by atoms with Crippen molar-refractivity contribution in [2.45, 2.75) is 32.2 Å².